The maximum absolute atomic E-state index is 4.24. The van der Waals surface area contributed by atoms with Gasteiger partial charge in [-0.25, -0.2) is 0 Å². The van der Waals surface area contributed by atoms with Crippen LogP contribution in [0.2, 0.25) is 0 Å². The van der Waals surface area contributed by atoms with Crippen molar-refractivity contribution in [3.05, 3.63) is 48.5 Å². The van der Waals surface area contributed by atoms with Crippen LogP contribution in [0.1, 0.15) is 0 Å². The van der Waals surface area contributed by atoms with Gasteiger partial charge in [0, 0.05) is 39.6 Å². The van der Waals surface area contributed by atoms with Gasteiger partial charge in [-0.15, -0.1) is 0 Å². The number of anilines is 2. The summed E-state index contributed by atoms with van der Waals surface area (Å²) in [7, 11) is 8.07. The van der Waals surface area contributed by atoms with Crippen LogP contribution in [-0.4, -0.2) is 28.2 Å². The number of rotatable bonds is 4. The maximum atomic E-state index is 4.24. The van der Waals surface area contributed by atoms with Crippen LogP contribution in [0.15, 0.2) is 58.8 Å². The molecule has 0 N–H and O–H groups in total. The largest absolute Gasteiger partial charge is 0.378 e. The number of hydrogen-bond donors (Lipinski definition) is 0. The van der Waals surface area contributed by atoms with E-state index in [1.807, 2.05) is 76.7 Å². The molecule has 4 heteroatoms. The summed E-state index contributed by atoms with van der Waals surface area (Å²) in [5, 5.41) is 8.49. The molecule has 2 aromatic rings. The summed E-state index contributed by atoms with van der Waals surface area (Å²) >= 11 is 0. The first-order chi connectivity index (χ1) is 9.56. The van der Waals surface area contributed by atoms with Gasteiger partial charge >= 0.3 is 0 Å². The maximum Gasteiger partial charge on any atom is 0.0858 e. The third-order valence-corrected chi connectivity index (χ3v) is 3.01. The second-order valence-electron chi connectivity index (χ2n) is 5.02. The van der Waals surface area contributed by atoms with E-state index < -0.39 is 0 Å². The van der Waals surface area contributed by atoms with E-state index in [-0.39, 0.29) is 0 Å². The fraction of sp³-hybridized carbons (Fsp3) is 0.250. The summed E-state index contributed by atoms with van der Waals surface area (Å²) in [6.45, 7) is 0. The lowest BCUT2D eigenvalue weighted by Crippen LogP contribution is -2.07. The molecule has 0 aliphatic carbocycles. The number of azo groups is 1. The molecule has 0 saturated carbocycles. The van der Waals surface area contributed by atoms with E-state index in [1.54, 1.807) is 0 Å². The van der Waals surface area contributed by atoms with Crippen LogP contribution in [0.3, 0.4) is 0 Å². The molecule has 0 aliphatic heterocycles. The Hall–Kier alpha value is -2.36. The zero-order valence-corrected chi connectivity index (χ0v) is 12.4. The molecule has 0 spiro atoms. The van der Waals surface area contributed by atoms with Crippen LogP contribution in [0.4, 0.5) is 22.7 Å². The fourth-order valence-corrected chi connectivity index (χ4v) is 1.75. The van der Waals surface area contributed by atoms with Gasteiger partial charge in [0.2, 0.25) is 0 Å². The standard InChI is InChI=1S/C16H20N4/c1-19(2)15-9-5-13(6-10-15)17-18-14-7-11-16(12-8-14)20(3)4/h5-12H,1-4H3/b18-17+. The van der Waals surface area contributed by atoms with E-state index in [1.165, 1.54) is 0 Å². The van der Waals surface area contributed by atoms with Crippen LogP contribution in [0.5, 0.6) is 0 Å². The predicted octanol–water partition coefficient (Wildman–Crippen LogP) is 4.23. The lowest BCUT2D eigenvalue weighted by molar-refractivity contribution is 1.12. The summed E-state index contributed by atoms with van der Waals surface area (Å²) in [6.07, 6.45) is 0. The SMILES string of the molecule is CN(C)c1ccc(/N=N/c2ccc(N(C)C)cc2)cc1. The molecule has 0 aliphatic rings. The van der Waals surface area contributed by atoms with Gasteiger partial charge in [-0.2, -0.15) is 10.2 Å². The average molecular weight is 268 g/mol. The van der Waals surface area contributed by atoms with Crippen LogP contribution in [0.25, 0.3) is 0 Å². The first kappa shape index (κ1) is 14.1. The van der Waals surface area contributed by atoms with E-state index in [0.717, 1.165) is 22.7 Å². The van der Waals surface area contributed by atoms with Crippen molar-refractivity contribution in [2.24, 2.45) is 10.2 Å². The topological polar surface area (TPSA) is 31.2 Å². The molecule has 0 unspecified atom stereocenters. The van der Waals surface area contributed by atoms with Gasteiger partial charge < -0.3 is 9.80 Å². The highest BCUT2D eigenvalue weighted by atomic mass is 15.1. The van der Waals surface area contributed by atoms with Gasteiger partial charge in [-0.05, 0) is 48.5 Å². The second kappa shape index (κ2) is 6.19. The van der Waals surface area contributed by atoms with E-state index in [2.05, 4.69) is 20.0 Å². The molecule has 0 aromatic heterocycles. The van der Waals surface area contributed by atoms with Crippen molar-refractivity contribution >= 4 is 22.7 Å². The quantitative estimate of drug-likeness (QED) is 0.777. The molecular formula is C16H20N4. The van der Waals surface area contributed by atoms with Crippen molar-refractivity contribution in [3.8, 4) is 0 Å². The zero-order valence-electron chi connectivity index (χ0n) is 12.4. The molecule has 2 rings (SSSR count). The molecule has 20 heavy (non-hydrogen) atoms. The van der Waals surface area contributed by atoms with E-state index >= 15 is 0 Å². The molecule has 0 radical (unpaired) electrons. The summed E-state index contributed by atoms with van der Waals surface area (Å²) < 4.78 is 0. The fourth-order valence-electron chi connectivity index (χ4n) is 1.75. The van der Waals surface area contributed by atoms with Crippen LogP contribution >= 0.6 is 0 Å². The smallest absolute Gasteiger partial charge is 0.0858 e. The van der Waals surface area contributed by atoms with Crippen molar-refractivity contribution < 1.29 is 0 Å². The second-order valence-corrected chi connectivity index (χ2v) is 5.02. The normalized spacial score (nSPS) is 10.8. The van der Waals surface area contributed by atoms with E-state index in [9.17, 15) is 0 Å². The highest BCUT2D eigenvalue weighted by Gasteiger charge is 1.96. The summed E-state index contributed by atoms with van der Waals surface area (Å²) in [4.78, 5) is 4.11. The average Bonchev–Trinajstić information content (AvgIpc) is 2.46. The van der Waals surface area contributed by atoms with Crippen LogP contribution in [0, 0.1) is 0 Å². The lowest BCUT2D eigenvalue weighted by atomic mass is 10.2. The first-order valence-corrected chi connectivity index (χ1v) is 6.53. The Balaban J connectivity index is 2.08. The van der Waals surface area contributed by atoms with Crippen molar-refractivity contribution in [1.82, 2.24) is 0 Å². The van der Waals surface area contributed by atoms with Crippen LogP contribution in [-0.2, 0) is 0 Å². The zero-order chi connectivity index (χ0) is 14.5. The van der Waals surface area contributed by atoms with Crippen molar-refractivity contribution in [2.45, 2.75) is 0 Å². The lowest BCUT2D eigenvalue weighted by Gasteiger charge is -2.11. The molecule has 0 atom stereocenters. The predicted molar refractivity (Wildman–Crippen MR) is 85.7 cm³/mol. The molecule has 0 bridgehead atoms. The summed E-state index contributed by atoms with van der Waals surface area (Å²) in [5.41, 5.74) is 4.01. The van der Waals surface area contributed by atoms with Gasteiger partial charge in [0.05, 0.1) is 11.4 Å². The Morgan fingerprint density at radius 1 is 0.550 bits per heavy atom. The number of nitrogens with zero attached hydrogens (tertiary/aromatic N) is 4. The molecular weight excluding hydrogens is 248 g/mol. The first-order valence-electron chi connectivity index (χ1n) is 6.53. The van der Waals surface area contributed by atoms with E-state index in [4.69, 9.17) is 0 Å². The number of hydrogen-bond acceptors (Lipinski definition) is 4. The number of benzene rings is 2. The molecule has 2 aromatic carbocycles. The third kappa shape index (κ3) is 3.57. The Kier molecular flexibility index (Phi) is 4.35. The van der Waals surface area contributed by atoms with Crippen molar-refractivity contribution in [1.29, 1.82) is 0 Å². The van der Waals surface area contributed by atoms with Crippen molar-refractivity contribution in [3.63, 3.8) is 0 Å². The Bertz CT molecular complexity index is 515. The molecule has 0 heterocycles. The summed E-state index contributed by atoms with van der Waals surface area (Å²) in [6, 6.07) is 16.0. The minimum Gasteiger partial charge on any atom is -0.378 e. The minimum absolute atomic E-state index is 0.854. The van der Waals surface area contributed by atoms with Gasteiger partial charge in [0.15, 0.2) is 0 Å². The Labute approximate surface area is 120 Å². The van der Waals surface area contributed by atoms with Gasteiger partial charge in [0.1, 0.15) is 0 Å². The molecule has 0 saturated heterocycles. The summed E-state index contributed by atoms with van der Waals surface area (Å²) in [5.74, 6) is 0. The molecule has 0 fully saturated rings. The molecule has 104 valence electrons. The Morgan fingerprint density at radius 2 is 0.850 bits per heavy atom. The van der Waals surface area contributed by atoms with Gasteiger partial charge in [-0.1, -0.05) is 0 Å². The third-order valence-electron chi connectivity index (χ3n) is 3.01. The highest BCUT2D eigenvalue weighted by molar-refractivity contribution is 5.53. The minimum atomic E-state index is 0.854. The van der Waals surface area contributed by atoms with Crippen LogP contribution < -0.4 is 9.80 Å². The highest BCUT2D eigenvalue weighted by Crippen LogP contribution is 2.22. The van der Waals surface area contributed by atoms with Gasteiger partial charge in [0.25, 0.3) is 0 Å². The van der Waals surface area contributed by atoms with Crippen molar-refractivity contribution in [2.75, 3.05) is 38.0 Å². The van der Waals surface area contributed by atoms with E-state index in [0.29, 0.717) is 0 Å². The Morgan fingerprint density at radius 3 is 1.10 bits per heavy atom. The molecule has 4 nitrogen and oxygen atoms in total. The molecule has 0 amide bonds. The van der Waals surface area contributed by atoms with Gasteiger partial charge in [-0.3, -0.25) is 0 Å². The monoisotopic (exact) mass is 268 g/mol.